The van der Waals surface area contributed by atoms with Gasteiger partial charge in [0.15, 0.2) is 0 Å². The molecule has 0 heterocycles. The molecule has 0 bridgehead atoms. The van der Waals surface area contributed by atoms with Crippen molar-refractivity contribution >= 4 is 5.97 Å². The fourth-order valence-electron chi connectivity index (χ4n) is 1.47. The zero-order valence-corrected chi connectivity index (χ0v) is 11.1. The average molecular weight is 235 g/mol. The minimum atomic E-state index is -0.460. The van der Waals surface area contributed by atoms with Crippen LogP contribution in [0.5, 0.6) is 0 Å². The number of allylic oxidation sites excluding steroid dienone is 3. The molecule has 3 heteroatoms. The number of hydrogen-bond donors (Lipinski definition) is 0. The lowest BCUT2D eigenvalue weighted by Gasteiger charge is -2.08. The van der Waals surface area contributed by atoms with E-state index in [1.54, 1.807) is 0 Å². The summed E-state index contributed by atoms with van der Waals surface area (Å²) in [5, 5.41) is 8.89. The molecular formula is C14H21NO2. The first kappa shape index (κ1) is 15.4. The second-order valence-electron chi connectivity index (χ2n) is 4.47. The molecule has 0 aromatic carbocycles. The van der Waals surface area contributed by atoms with Gasteiger partial charge < -0.3 is 4.74 Å². The van der Waals surface area contributed by atoms with E-state index < -0.39 is 5.97 Å². The Morgan fingerprint density at radius 3 is 2.59 bits per heavy atom. The van der Waals surface area contributed by atoms with E-state index in [2.05, 4.69) is 31.6 Å². The molecule has 0 aromatic rings. The third-order valence-corrected chi connectivity index (χ3v) is 2.42. The van der Waals surface area contributed by atoms with Crippen LogP contribution in [0.15, 0.2) is 23.3 Å². The van der Waals surface area contributed by atoms with Gasteiger partial charge in [0.1, 0.15) is 0 Å². The van der Waals surface area contributed by atoms with E-state index in [-0.39, 0.29) is 0 Å². The zero-order chi connectivity index (χ0) is 13.3. The molecule has 94 valence electrons. The predicted molar refractivity (Wildman–Crippen MR) is 68.2 cm³/mol. The van der Waals surface area contributed by atoms with Gasteiger partial charge in [0, 0.05) is 11.6 Å². The molecule has 3 nitrogen and oxygen atoms in total. The molecule has 0 saturated carbocycles. The number of nitriles is 1. The lowest BCUT2D eigenvalue weighted by atomic mass is 9.96. The summed E-state index contributed by atoms with van der Waals surface area (Å²) in [7, 11) is 1.31. The number of ether oxygens (including phenoxy) is 1. The standard InChI is InChI=1S/C14H21NO2/c1-11(2)6-5-7-12(3)8-13(10-15)9-14(16)17-4/h6,9,12H,5,7-8H2,1-4H3/b13-9-. The van der Waals surface area contributed by atoms with Crippen molar-refractivity contribution in [1.29, 1.82) is 5.26 Å². The molecule has 0 aliphatic rings. The van der Waals surface area contributed by atoms with E-state index in [1.807, 2.05) is 6.07 Å². The summed E-state index contributed by atoms with van der Waals surface area (Å²) in [5.74, 6) is -0.0702. The van der Waals surface area contributed by atoms with E-state index in [1.165, 1.54) is 18.8 Å². The first-order valence-corrected chi connectivity index (χ1v) is 5.81. The van der Waals surface area contributed by atoms with Crippen molar-refractivity contribution in [1.82, 2.24) is 0 Å². The Hall–Kier alpha value is -1.56. The van der Waals surface area contributed by atoms with Crippen molar-refractivity contribution in [3.05, 3.63) is 23.3 Å². The van der Waals surface area contributed by atoms with E-state index >= 15 is 0 Å². The Bertz CT molecular complexity index is 344. The number of carbonyl (C=O) groups excluding carboxylic acids is 1. The van der Waals surface area contributed by atoms with Gasteiger partial charge in [-0.3, -0.25) is 0 Å². The summed E-state index contributed by atoms with van der Waals surface area (Å²) in [6.45, 7) is 6.23. The van der Waals surface area contributed by atoms with Crippen molar-refractivity contribution in [3.63, 3.8) is 0 Å². The quantitative estimate of drug-likeness (QED) is 0.307. The SMILES string of the molecule is COC(=O)/C=C(\C#N)CC(C)CCC=C(C)C. The van der Waals surface area contributed by atoms with Crippen LogP contribution < -0.4 is 0 Å². The third-order valence-electron chi connectivity index (χ3n) is 2.42. The predicted octanol–water partition coefficient (Wildman–Crippen LogP) is 3.38. The molecule has 0 amide bonds. The monoisotopic (exact) mass is 235 g/mol. The fourth-order valence-corrected chi connectivity index (χ4v) is 1.47. The van der Waals surface area contributed by atoms with Crippen LogP contribution in [-0.4, -0.2) is 13.1 Å². The molecule has 0 rings (SSSR count). The Kier molecular flexibility index (Phi) is 7.79. The Morgan fingerprint density at radius 2 is 2.12 bits per heavy atom. The molecule has 0 aromatic heterocycles. The molecule has 17 heavy (non-hydrogen) atoms. The number of carbonyl (C=O) groups is 1. The van der Waals surface area contributed by atoms with Gasteiger partial charge in [-0.15, -0.1) is 0 Å². The van der Waals surface area contributed by atoms with E-state index in [0.717, 1.165) is 12.8 Å². The van der Waals surface area contributed by atoms with Crippen LogP contribution in [0.4, 0.5) is 0 Å². The van der Waals surface area contributed by atoms with Gasteiger partial charge in [-0.1, -0.05) is 18.6 Å². The van der Waals surface area contributed by atoms with Crippen molar-refractivity contribution < 1.29 is 9.53 Å². The number of nitrogens with zero attached hydrogens (tertiary/aromatic N) is 1. The van der Waals surface area contributed by atoms with Crippen molar-refractivity contribution in [2.75, 3.05) is 7.11 Å². The normalized spacial score (nSPS) is 12.5. The van der Waals surface area contributed by atoms with Crippen LogP contribution in [-0.2, 0) is 9.53 Å². The van der Waals surface area contributed by atoms with Gasteiger partial charge in [-0.2, -0.15) is 5.26 Å². The number of methoxy groups -OCH3 is 1. The first-order valence-electron chi connectivity index (χ1n) is 5.81. The van der Waals surface area contributed by atoms with Crippen LogP contribution in [0.2, 0.25) is 0 Å². The molecular weight excluding hydrogens is 214 g/mol. The van der Waals surface area contributed by atoms with Gasteiger partial charge in [-0.05, 0) is 39.0 Å². The number of rotatable bonds is 6. The van der Waals surface area contributed by atoms with Crippen molar-refractivity contribution in [2.24, 2.45) is 5.92 Å². The smallest absolute Gasteiger partial charge is 0.331 e. The molecule has 0 fully saturated rings. The van der Waals surface area contributed by atoms with Crippen LogP contribution in [0, 0.1) is 17.2 Å². The average Bonchev–Trinajstić information content (AvgIpc) is 2.27. The van der Waals surface area contributed by atoms with Crippen molar-refractivity contribution in [3.8, 4) is 6.07 Å². The van der Waals surface area contributed by atoms with Gasteiger partial charge in [0.25, 0.3) is 0 Å². The lowest BCUT2D eigenvalue weighted by Crippen LogP contribution is -2.00. The second kappa shape index (κ2) is 8.58. The molecule has 1 unspecified atom stereocenters. The summed E-state index contributed by atoms with van der Waals surface area (Å²) >= 11 is 0. The highest BCUT2D eigenvalue weighted by Gasteiger charge is 2.07. The summed E-state index contributed by atoms with van der Waals surface area (Å²) in [6, 6.07) is 2.04. The maximum Gasteiger partial charge on any atom is 0.331 e. The maximum atomic E-state index is 11.0. The maximum absolute atomic E-state index is 11.0. The molecule has 0 radical (unpaired) electrons. The summed E-state index contributed by atoms with van der Waals surface area (Å²) in [5.41, 5.74) is 1.80. The second-order valence-corrected chi connectivity index (χ2v) is 4.47. The molecule has 0 aliphatic heterocycles. The molecule has 0 spiro atoms. The van der Waals surface area contributed by atoms with Gasteiger partial charge in [0.2, 0.25) is 0 Å². The first-order chi connectivity index (χ1) is 7.99. The minimum Gasteiger partial charge on any atom is -0.466 e. The van der Waals surface area contributed by atoms with Gasteiger partial charge in [0.05, 0.1) is 13.2 Å². The van der Waals surface area contributed by atoms with Crippen LogP contribution >= 0.6 is 0 Å². The summed E-state index contributed by atoms with van der Waals surface area (Å²) in [6.07, 6.45) is 6.12. The van der Waals surface area contributed by atoms with E-state index in [9.17, 15) is 4.79 Å². The lowest BCUT2D eigenvalue weighted by molar-refractivity contribution is -0.134. The highest BCUT2D eigenvalue weighted by atomic mass is 16.5. The zero-order valence-electron chi connectivity index (χ0n) is 11.1. The Balaban J connectivity index is 4.21. The topological polar surface area (TPSA) is 50.1 Å². The highest BCUT2D eigenvalue weighted by molar-refractivity contribution is 5.83. The Morgan fingerprint density at radius 1 is 1.47 bits per heavy atom. The van der Waals surface area contributed by atoms with E-state index in [4.69, 9.17) is 5.26 Å². The van der Waals surface area contributed by atoms with Crippen LogP contribution in [0.25, 0.3) is 0 Å². The molecule has 0 saturated heterocycles. The largest absolute Gasteiger partial charge is 0.466 e. The highest BCUT2D eigenvalue weighted by Crippen LogP contribution is 2.17. The molecule has 1 atom stereocenters. The number of esters is 1. The third kappa shape index (κ3) is 8.27. The van der Waals surface area contributed by atoms with Crippen molar-refractivity contribution in [2.45, 2.75) is 40.0 Å². The summed E-state index contributed by atoms with van der Waals surface area (Å²) in [4.78, 5) is 11.0. The fraction of sp³-hybridized carbons (Fsp3) is 0.571. The van der Waals surface area contributed by atoms with Crippen LogP contribution in [0.1, 0.15) is 40.0 Å². The van der Waals surface area contributed by atoms with E-state index in [0.29, 0.717) is 17.9 Å². The Labute approximate surface area is 104 Å². The summed E-state index contributed by atoms with van der Waals surface area (Å²) < 4.78 is 4.50. The number of hydrogen-bond acceptors (Lipinski definition) is 3. The van der Waals surface area contributed by atoms with Crippen LogP contribution in [0.3, 0.4) is 0 Å². The van der Waals surface area contributed by atoms with Gasteiger partial charge in [-0.25, -0.2) is 4.79 Å². The molecule has 0 N–H and O–H groups in total. The van der Waals surface area contributed by atoms with Gasteiger partial charge >= 0.3 is 5.97 Å². The molecule has 0 aliphatic carbocycles. The minimum absolute atomic E-state index is 0.390.